The number of nitrogens with zero attached hydrogens (tertiary/aromatic N) is 2. The maximum atomic E-state index is 5.61. The highest BCUT2D eigenvalue weighted by atomic mass is 16.5. The van der Waals surface area contributed by atoms with Crippen molar-refractivity contribution in [2.45, 2.75) is 19.9 Å². The van der Waals surface area contributed by atoms with Gasteiger partial charge in [-0.25, -0.2) is 4.98 Å². The van der Waals surface area contributed by atoms with Gasteiger partial charge in [-0.3, -0.25) is 0 Å². The number of ether oxygens (including phenoxy) is 1. The minimum atomic E-state index is 0.738. The molecule has 0 radical (unpaired) electrons. The molecule has 3 nitrogen and oxygen atoms in total. The molecule has 0 saturated carbocycles. The Morgan fingerprint density at radius 3 is 2.75 bits per heavy atom. The summed E-state index contributed by atoms with van der Waals surface area (Å²) in [4.78, 5) is 4.18. The predicted molar refractivity (Wildman–Crippen MR) is 63.5 cm³/mol. The second kappa shape index (κ2) is 5.35. The summed E-state index contributed by atoms with van der Waals surface area (Å²) in [6.45, 7) is 3.71. The predicted octanol–water partition coefficient (Wildman–Crippen LogP) is 2.66. The van der Waals surface area contributed by atoms with Crippen LogP contribution in [-0.4, -0.2) is 16.2 Å². The molecule has 1 aromatic heterocycles. The summed E-state index contributed by atoms with van der Waals surface area (Å²) in [6.07, 6.45) is 4.82. The number of aromatic nitrogens is 2. The normalized spacial score (nSPS) is 10.3. The topological polar surface area (TPSA) is 27.1 Å². The first-order chi connectivity index (χ1) is 7.86. The summed E-state index contributed by atoms with van der Waals surface area (Å²) in [5.41, 5.74) is 0. The fraction of sp³-hybridized carbons (Fsp3) is 0.308. The van der Waals surface area contributed by atoms with E-state index in [9.17, 15) is 0 Å². The summed E-state index contributed by atoms with van der Waals surface area (Å²) < 4.78 is 7.74. The van der Waals surface area contributed by atoms with Crippen LogP contribution in [0, 0.1) is 6.92 Å². The van der Waals surface area contributed by atoms with Gasteiger partial charge in [-0.2, -0.15) is 0 Å². The molecule has 1 heterocycles. The smallest absolute Gasteiger partial charge is 0.119 e. The Balaban J connectivity index is 1.72. The number of hydrogen-bond acceptors (Lipinski definition) is 2. The molecule has 84 valence electrons. The van der Waals surface area contributed by atoms with Crippen LogP contribution in [0.25, 0.3) is 0 Å². The zero-order valence-corrected chi connectivity index (χ0v) is 9.47. The van der Waals surface area contributed by atoms with Gasteiger partial charge in [-0.05, 0) is 25.5 Å². The molecule has 0 atom stereocenters. The van der Waals surface area contributed by atoms with Crippen molar-refractivity contribution in [1.82, 2.24) is 9.55 Å². The van der Waals surface area contributed by atoms with E-state index in [4.69, 9.17) is 4.74 Å². The Kier molecular flexibility index (Phi) is 3.59. The van der Waals surface area contributed by atoms with E-state index in [2.05, 4.69) is 9.55 Å². The molecule has 3 heteroatoms. The van der Waals surface area contributed by atoms with E-state index in [1.807, 2.05) is 49.6 Å². The zero-order valence-electron chi connectivity index (χ0n) is 9.47. The van der Waals surface area contributed by atoms with Gasteiger partial charge in [0.05, 0.1) is 6.61 Å². The van der Waals surface area contributed by atoms with Crippen molar-refractivity contribution in [3.05, 3.63) is 48.5 Å². The number of imidazole rings is 1. The first-order valence-electron chi connectivity index (χ1n) is 5.52. The Morgan fingerprint density at radius 2 is 2.06 bits per heavy atom. The molecule has 2 aromatic rings. The van der Waals surface area contributed by atoms with E-state index in [0.29, 0.717) is 0 Å². The maximum Gasteiger partial charge on any atom is 0.119 e. The van der Waals surface area contributed by atoms with Crippen molar-refractivity contribution >= 4 is 0 Å². The van der Waals surface area contributed by atoms with Crippen LogP contribution in [0.1, 0.15) is 12.2 Å². The lowest BCUT2D eigenvalue weighted by Gasteiger charge is -2.07. The van der Waals surface area contributed by atoms with Crippen molar-refractivity contribution < 1.29 is 4.74 Å². The highest BCUT2D eigenvalue weighted by Gasteiger charge is 1.96. The minimum Gasteiger partial charge on any atom is -0.494 e. The largest absolute Gasteiger partial charge is 0.494 e. The van der Waals surface area contributed by atoms with Gasteiger partial charge in [-0.1, -0.05) is 18.2 Å². The third kappa shape index (κ3) is 2.86. The monoisotopic (exact) mass is 216 g/mol. The van der Waals surface area contributed by atoms with E-state index in [-0.39, 0.29) is 0 Å². The average molecular weight is 216 g/mol. The highest BCUT2D eigenvalue weighted by molar-refractivity contribution is 5.20. The van der Waals surface area contributed by atoms with Crippen molar-refractivity contribution in [2.24, 2.45) is 0 Å². The summed E-state index contributed by atoms with van der Waals surface area (Å²) in [5.74, 6) is 1.99. The Bertz CT molecular complexity index is 423. The lowest BCUT2D eigenvalue weighted by molar-refractivity contribution is 0.301. The first-order valence-corrected chi connectivity index (χ1v) is 5.52. The minimum absolute atomic E-state index is 0.738. The van der Waals surface area contributed by atoms with Crippen LogP contribution in [0.3, 0.4) is 0 Å². The molecule has 0 fully saturated rings. The summed E-state index contributed by atoms with van der Waals surface area (Å²) in [6, 6.07) is 9.90. The van der Waals surface area contributed by atoms with Crippen molar-refractivity contribution in [2.75, 3.05) is 6.61 Å². The van der Waals surface area contributed by atoms with Gasteiger partial charge in [0.2, 0.25) is 0 Å². The molecule has 0 amide bonds. The van der Waals surface area contributed by atoms with E-state index in [0.717, 1.165) is 31.1 Å². The lowest BCUT2D eigenvalue weighted by Crippen LogP contribution is -2.05. The van der Waals surface area contributed by atoms with Crippen molar-refractivity contribution in [3.8, 4) is 5.75 Å². The molecule has 0 aliphatic rings. The molecule has 0 saturated heterocycles. The van der Waals surface area contributed by atoms with Gasteiger partial charge in [0.1, 0.15) is 11.6 Å². The van der Waals surface area contributed by atoms with E-state index in [1.165, 1.54) is 0 Å². The molecular weight excluding hydrogens is 200 g/mol. The molecule has 0 aliphatic carbocycles. The number of para-hydroxylation sites is 1. The van der Waals surface area contributed by atoms with Crippen LogP contribution in [-0.2, 0) is 6.54 Å². The van der Waals surface area contributed by atoms with Gasteiger partial charge in [0.15, 0.2) is 0 Å². The maximum absolute atomic E-state index is 5.61. The molecule has 0 aliphatic heterocycles. The number of aryl methyl sites for hydroxylation is 2. The van der Waals surface area contributed by atoms with Crippen LogP contribution < -0.4 is 4.74 Å². The molecule has 0 unspecified atom stereocenters. The number of rotatable bonds is 5. The van der Waals surface area contributed by atoms with E-state index >= 15 is 0 Å². The number of benzene rings is 1. The van der Waals surface area contributed by atoms with Crippen molar-refractivity contribution in [3.63, 3.8) is 0 Å². The fourth-order valence-corrected chi connectivity index (χ4v) is 1.58. The molecule has 1 aromatic carbocycles. The standard InChI is InChI=1S/C13H16N2O/c1-12-14-8-10-15(12)9-5-11-16-13-6-3-2-4-7-13/h2-4,6-8,10H,5,9,11H2,1H3. The van der Waals surface area contributed by atoms with Gasteiger partial charge < -0.3 is 9.30 Å². The van der Waals surface area contributed by atoms with Gasteiger partial charge in [0, 0.05) is 18.9 Å². The Labute approximate surface area is 95.7 Å². The molecule has 2 rings (SSSR count). The Hall–Kier alpha value is -1.77. The van der Waals surface area contributed by atoms with Crippen LogP contribution in [0.5, 0.6) is 5.75 Å². The third-order valence-electron chi connectivity index (χ3n) is 2.48. The second-order valence-corrected chi connectivity index (χ2v) is 3.68. The second-order valence-electron chi connectivity index (χ2n) is 3.68. The summed E-state index contributed by atoms with van der Waals surface area (Å²) in [7, 11) is 0. The molecule has 0 spiro atoms. The van der Waals surface area contributed by atoms with Crippen LogP contribution in [0.15, 0.2) is 42.7 Å². The van der Waals surface area contributed by atoms with Crippen molar-refractivity contribution in [1.29, 1.82) is 0 Å². The summed E-state index contributed by atoms with van der Waals surface area (Å²) in [5, 5.41) is 0. The van der Waals surface area contributed by atoms with Gasteiger partial charge >= 0.3 is 0 Å². The zero-order chi connectivity index (χ0) is 11.2. The van der Waals surface area contributed by atoms with E-state index in [1.54, 1.807) is 0 Å². The van der Waals surface area contributed by atoms with E-state index < -0.39 is 0 Å². The summed E-state index contributed by atoms with van der Waals surface area (Å²) >= 11 is 0. The molecule has 0 N–H and O–H groups in total. The molecular formula is C13H16N2O. The highest BCUT2D eigenvalue weighted by Crippen LogP contribution is 2.08. The average Bonchev–Trinajstić information content (AvgIpc) is 2.72. The van der Waals surface area contributed by atoms with Crippen LogP contribution in [0.2, 0.25) is 0 Å². The van der Waals surface area contributed by atoms with Gasteiger partial charge in [-0.15, -0.1) is 0 Å². The fourth-order valence-electron chi connectivity index (χ4n) is 1.58. The molecule has 0 bridgehead atoms. The van der Waals surface area contributed by atoms with Crippen LogP contribution in [0.4, 0.5) is 0 Å². The third-order valence-corrected chi connectivity index (χ3v) is 2.48. The first kappa shape index (κ1) is 10.7. The quantitative estimate of drug-likeness (QED) is 0.718. The SMILES string of the molecule is Cc1nccn1CCCOc1ccccc1. The number of hydrogen-bond donors (Lipinski definition) is 0. The lowest BCUT2D eigenvalue weighted by atomic mass is 10.3. The molecule has 16 heavy (non-hydrogen) atoms. The van der Waals surface area contributed by atoms with Gasteiger partial charge in [0.25, 0.3) is 0 Å². The van der Waals surface area contributed by atoms with Crippen LogP contribution >= 0.6 is 0 Å². The Morgan fingerprint density at radius 1 is 1.25 bits per heavy atom.